The molecule has 0 aliphatic heterocycles. The molecular formula is C15H16ClN3O2. The number of benzene rings is 1. The number of hydrogen-bond donors (Lipinski definition) is 2. The van der Waals surface area contributed by atoms with Gasteiger partial charge in [0.1, 0.15) is 5.82 Å². The van der Waals surface area contributed by atoms with Gasteiger partial charge in [0.25, 0.3) is 0 Å². The summed E-state index contributed by atoms with van der Waals surface area (Å²) in [5.41, 5.74) is 0.773. The highest BCUT2D eigenvalue weighted by Gasteiger charge is 2.31. The Morgan fingerprint density at radius 2 is 2.24 bits per heavy atom. The highest BCUT2D eigenvalue weighted by molar-refractivity contribution is 6.30. The lowest BCUT2D eigenvalue weighted by atomic mass is 10.1. The molecule has 5 nitrogen and oxygen atoms in total. The van der Waals surface area contributed by atoms with Gasteiger partial charge in [0.05, 0.1) is 23.9 Å². The van der Waals surface area contributed by atoms with Crippen LogP contribution in [0.1, 0.15) is 19.3 Å². The Bertz CT molecular complexity index is 656. The average Bonchev–Trinajstić information content (AvgIpc) is 3.07. The Kier molecular flexibility index (Phi) is 3.94. The summed E-state index contributed by atoms with van der Waals surface area (Å²) in [5, 5.41) is 17.5. The Morgan fingerprint density at radius 1 is 1.38 bits per heavy atom. The van der Waals surface area contributed by atoms with E-state index in [9.17, 15) is 9.90 Å². The van der Waals surface area contributed by atoms with Crippen LogP contribution in [-0.4, -0.2) is 26.9 Å². The van der Waals surface area contributed by atoms with Crippen LogP contribution in [0.25, 0.3) is 5.69 Å². The van der Waals surface area contributed by atoms with Crippen LogP contribution in [0.15, 0.2) is 36.5 Å². The average molecular weight is 306 g/mol. The third-order valence-corrected chi connectivity index (χ3v) is 4.00. The van der Waals surface area contributed by atoms with Gasteiger partial charge in [0.15, 0.2) is 0 Å². The summed E-state index contributed by atoms with van der Waals surface area (Å²) < 4.78 is 1.62. The number of amides is 1. The molecule has 1 aromatic heterocycles. The van der Waals surface area contributed by atoms with Gasteiger partial charge in [0.2, 0.25) is 5.91 Å². The van der Waals surface area contributed by atoms with Crippen molar-refractivity contribution in [3.63, 3.8) is 0 Å². The number of aliphatic hydroxyl groups is 1. The van der Waals surface area contributed by atoms with Crippen LogP contribution in [0, 0.1) is 5.92 Å². The Labute approximate surface area is 127 Å². The fourth-order valence-electron chi connectivity index (χ4n) is 2.68. The zero-order valence-electron chi connectivity index (χ0n) is 11.4. The van der Waals surface area contributed by atoms with E-state index in [0.29, 0.717) is 17.3 Å². The van der Waals surface area contributed by atoms with Crippen LogP contribution < -0.4 is 5.32 Å². The van der Waals surface area contributed by atoms with E-state index in [1.54, 1.807) is 29.1 Å². The van der Waals surface area contributed by atoms with Crippen molar-refractivity contribution in [2.75, 3.05) is 5.32 Å². The molecule has 2 aromatic rings. The summed E-state index contributed by atoms with van der Waals surface area (Å²) in [6.45, 7) is 0. The largest absolute Gasteiger partial charge is 0.392 e. The highest BCUT2D eigenvalue weighted by Crippen LogP contribution is 2.27. The lowest BCUT2D eigenvalue weighted by molar-refractivity contribution is -0.122. The van der Waals surface area contributed by atoms with Crippen molar-refractivity contribution >= 4 is 23.3 Å². The molecule has 21 heavy (non-hydrogen) atoms. The molecule has 110 valence electrons. The molecule has 1 amide bonds. The third kappa shape index (κ3) is 2.94. The number of rotatable bonds is 3. The van der Waals surface area contributed by atoms with Gasteiger partial charge in [-0.1, -0.05) is 17.7 Å². The second-order valence-electron chi connectivity index (χ2n) is 5.20. The first-order valence-corrected chi connectivity index (χ1v) is 7.32. The molecule has 0 spiro atoms. The Morgan fingerprint density at radius 3 is 2.95 bits per heavy atom. The summed E-state index contributed by atoms with van der Waals surface area (Å²) in [5.74, 6) is 0.0675. The molecule has 1 heterocycles. The summed E-state index contributed by atoms with van der Waals surface area (Å²) in [7, 11) is 0. The standard InChI is InChI=1S/C15H16ClN3O2/c16-10-3-1-4-11(9-10)19-14(7-8-17-19)18-15(21)12-5-2-6-13(12)20/h1,3-4,7-9,12-13,20H,2,5-6H2,(H,18,21). The first-order chi connectivity index (χ1) is 10.1. The van der Waals surface area contributed by atoms with Crippen molar-refractivity contribution in [2.45, 2.75) is 25.4 Å². The van der Waals surface area contributed by atoms with Gasteiger partial charge in [-0.05, 0) is 37.5 Å². The van der Waals surface area contributed by atoms with Gasteiger partial charge in [-0.2, -0.15) is 5.10 Å². The van der Waals surface area contributed by atoms with Crippen molar-refractivity contribution in [1.82, 2.24) is 9.78 Å². The van der Waals surface area contributed by atoms with Crippen LogP contribution in [-0.2, 0) is 4.79 Å². The van der Waals surface area contributed by atoms with Crippen LogP contribution in [0.5, 0.6) is 0 Å². The van der Waals surface area contributed by atoms with Gasteiger partial charge < -0.3 is 10.4 Å². The topological polar surface area (TPSA) is 67.2 Å². The maximum atomic E-state index is 12.2. The van der Waals surface area contributed by atoms with Gasteiger partial charge in [-0.3, -0.25) is 4.79 Å². The van der Waals surface area contributed by atoms with Gasteiger partial charge in [-0.15, -0.1) is 0 Å². The number of carbonyl (C=O) groups excluding carboxylic acids is 1. The van der Waals surface area contributed by atoms with Crippen molar-refractivity contribution in [3.05, 3.63) is 41.6 Å². The number of nitrogens with zero attached hydrogens (tertiary/aromatic N) is 2. The molecule has 2 atom stereocenters. The van der Waals surface area contributed by atoms with E-state index in [4.69, 9.17) is 11.6 Å². The molecule has 1 fully saturated rings. The molecule has 0 radical (unpaired) electrons. The predicted molar refractivity (Wildman–Crippen MR) is 80.6 cm³/mol. The van der Waals surface area contributed by atoms with Crippen LogP contribution >= 0.6 is 11.6 Å². The minimum atomic E-state index is -0.549. The lowest BCUT2D eigenvalue weighted by Crippen LogP contribution is -2.29. The van der Waals surface area contributed by atoms with Crippen LogP contribution in [0.2, 0.25) is 5.02 Å². The van der Waals surface area contributed by atoms with E-state index >= 15 is 0 Å². The molecule has 2 N–H and O–H groups in total. The number of aliphatic hydroxyl groups excluding tert-OH is 1. The summed E-state index contributed by atoms with van der Waals surface area (Å²) >= 11 is 5.98. The summed E-state index contributed by atoms with van der Waals surface area (Å²) in [6.07, 6.45) is 3.35. The van der Waals surface area contributed by atoms with Crippen LogP contribution in [0.3, 0.4) is 0 Å². The number of anilines is 1. The molecule has 0 saturated heterocycles. The number of aromatic nitrogens is 2. The molecular weight excluding hydrogens is 290 g/mol. The van der Waals surface area contributed by atoms with Gasteiger partial charge in [-0.25, -0.2) is 4.68 Å². The number of halogens is 1. The van der Waals surface area contributed by atoms with Crippen molar-refractivity contribution < 1.29 is 9.90 Å². The van der Waals surface area contributed by atoms with Crippen molar-refractivity contribution in [2.24, 2.45) is 5.92 Å². The Hall–Kier alpha value is -1.85. The first-order valence-electron chi connectivity index (χ1n) is 6.94. The van der Waals surface area contributed by atoms with Gasteiger partial charge >= 0.3 is 0 Å². The van der Waals surface area contributed by atoms with Crippen molar-refractivity contribution in [1.29, 1.82) is 0 Å². The molecule has 1 aliphatic rings. The highest BCUT2D eigenvalue weighted by atomic mass is 35.5. The predicted octanol–water partition coefficient (Wildman–Crippen LogP) is 2.63. The number of carbonyl (C=O) groups is 1. The number of hydrogen-bond acceptors (Lipinski definition) is 3. The quantitative estimate of drug-likeness (QED) is 0.916. The summed E-state index contributed by atoms with van der Waals surface area (Å²) in [4.78, 5) is 12.2. The lowest BCUT2D eigenvalue weighted by Gasteiger charge is -2.15. The molecule has 1 aliphatic carbocycles. The van der Waals surface area contributed by atoms with E-state index in [0.717, 1.165) is 18.5 Å². The fraction of sp³-hybridized carbons (Fsp3) is 0.333. The van der Waals surface area contributed by atoms with E-state index in [2.05, 4.69) is 10.4 Å². The minimum absolute atomic E-state index is 0.163. The molecule has 2 unspecified atom stereocenters. The van der Waals surface area contributed by atoms with Gasteiger partial charge in [0, 0.05) is 11.1 Å². The van der Waals surface area contributed by atoms with Crippen molar-refractivity contribution in [3.8, 4) is 5.69 Å². The first kappa shape index (κ1) is 14.1. The van der Waals surface area contributed by atoms with E-state index in [-0.39, 0.29) is 11.8 Å². The smallest absolute Gasteiger partial charge is 0.231 e. The second-order valence-corrected chi connectivity index (χ2v) is 5.64. The number of nitrogens with one attached hydrogen (secondary N) is 1. The zero-order valence-corrected chi connectivity index (χ0v) is 12.1. The monoisotopic (exact) mass is 305 g/mol. The maximum absolute atomic E-state index is 12.2. The van der Waals surface area contributed by atoms with Crippen LogP contribution in [0.4, 0.5) is 5.82 Å². The maximum Gasteiger partial charge on any atom is 0.231 e. The summed E-state index contributed by atoms with van der Waals surface area (Å²) in [6, 6.07) is 8.96. The van der Waals surface area contributed by atoms with E-state index in [1.165, 1.54) is 0 Å². The Balaban J connectivity index is 1.81. The molecule has 6 heteroatoms. The van der Waals surface area contributed by atoms with E-state index < -0.39 is 6.10 Å². The second kappa shape index (κ2) is 5.87. The zero-order chi connectivity index (χ0) is 14.8. The molecule has 3 rings (SSSR count). The normalized spacial score (nSPS) is 21.4. The SMILES string of the molecule is O=C(Nc1ccnn1-c1cccc(Cl)c1)C1CCCC1O. The third-order valence-electron chi connectivity index (χ3n) is 3.76. The minimum Gasteiger partial charge on any atom is -0.392 e. The fourth-order valence-corrected chi connectivity index (χ4v) is 2.86. The molecule has 0 bridgehead atoms. The molecule has 1 aromatic carbocycles. The molecule has 1 saturated carbocycles. The van der Waals surface area contributed by atoms with E-state index in [1.807, 2.05) is 12.1 Å².